The van der Waals surface area contributed by atoms with Gasteiger partial charge in [-0.15, -0.1) is 0 Å². The number of halogens is 1. The first-order valence-electron chi connectivity index (χ1n) is 6.15. The van der Waals surface area contributed by atoms with E-state index in [1.807, 2.05) is 4.90 Å². The SMILES string of the molecule is O=C(NC1CN(c2cnccn2)C1)c1cncc(F)c1. The number of nitrogens with one attached hydrogen (secondary N) is 1. The molecule has 0 bridgehead atoms. The van der Waals surface area contributed by atoms with Crippen LogP contribution in [0.1, 0.15) is 10.4 Å². The highest BCUT2D eigenvalue weighted by molar-refractivity contribution is 5.94. The molecular weight excluding hydrogens is 261 g/mol. The van der Waals surface area contributed by atoms with Gasteiger partial charge in [-0.1, -0.05) is 0 Å². The van der Waals surface area contributed by atoms with Crippen molar-refractivity contribution < 1.29 is 9.18 Å². The summed E-state index contributed by atoms with van der Waals surface area (Å²) in [6.45, 7) is 1.32. The number of hydrogen-bond donors (Lipinski definition) is 1. The van der Waals surface area contributed by atoms with Gasteiger partial charge in [0.2, 0.25) is 0 Å². The van der Waals surface area contributed by atoms with Crippen molar-refractivity contribution in [2.75, 3.05) is 18.0 Å². The molecule has 0 unspecified atom stereocenters. The second-order valence-electron chi connectivity index (χ2n) is 4.53. The van der Waals surface area contributed by atoms with Crippen molar-refractivity contribution in [3.63, 3.8) is 0 Å². The molecule has 3 heterocycles. The van der Waals surface area contributed by atoms with E-state index >= 15 is 0 Å². The Bertz CT molecular complexity index is 615. The van der Waals surface area contributed by atoms with Crippen LogP contribution in [0.5, 0.6) is 0 Å². The molecule has 7 heteroatoms. The van der Waals surface area contributed by atoms with Crippen molar-refractivity contribution in [3.8, 4) is 0 Å². The van der Waals surface area contributed by atoms with Gasteiger partial charge in [-0.2, -0.15) is 0 Å². The van der Waals surface area contributed by atoms with E-state index in [1.54, 1.807) is 18.6 Å². The smallest absolute Gasteiger partial charge is 0.253 e. The largest absolute Gasteiger partial charge is 0.351 e. The van der Waals surface area contributed by atoms with Crippen molar-refractivity contribution in [1.82, 2.24) is 20.3 Å². The summed E-state index contributed by atoms with van der Waals surface area (Å²) in [5.74, 6) is -0.0568. The second kappa shape index (κ2) is 5.20. The molecule has 1 aliphatic heterocycles. The fourth-order valence-corrected chi connectivity index (χ4v) is 2.02. The Morgan fingerprint density at radius 1 is 1.25 bits per heavy atom. The fraction of sp³-hybridized carbons (Fsp3) is 0.231. The van der Waals surface area contributed by atoms with E-state index in [9.17, 15) is 9.18 Å². The number of pyridine rings is 1. The van der Waals surface area contributed by atoms with Crippen LogP contribution in [-0.4, -0.2) is 40.0 Å². The molecule has 1 fully saturated rings. The molecular formula is C13H12FN5O. The van der Waals surface area contributed by atoms with Gasteiger partial charge in [0.05, 0.1) is 24.0 Å². The summed E-state index contributed by atoms with van der Waals surface area (Å²) in [5, 5.41) is 2.82. The van der Waals surface area contributed by atoms with E-state index in [4.69, 9.17) is 0 Å². The van der Waals surface area contributed by atoms with Crippen LogP contribution in [0.4, 0.5) is 10.2 Å². The van der Waals surface area contributed by atoms with Crippen molar-refractivity contribution in [2.45, 2.75) is 6.04 Å². The topological polar surface area (TPSA) is 71.0 Å². The van der Waals surface area contributed by atoms with E-state index < -0.39 is 5.82 Å². The monoisotopic (exact) mass is 273 g/mol. The van der Waals surface area contributed by atoms with Crippen LogP contribution in [0, 0.1) is 5.82 Å². The van der Waals surface area contributed by atoms with Crippen molar-refractivity contribution in [1.29, 1.82) is 0 Å². The van der Waals surface area contributed by atoms with E-state index in [0.717, 1.165) is 12.0 Å². The van der Waals surface area contributed by atoms with Crippen LogP contribution in [0.25, 0.3) is 0 Å². The van der Waals surface area contributed by atoms with Crippen LogP contribution in [0.2, 0.25) is 0 Å². The summed E-state index contributed by atoms with van der Waals surface area (Å²) in [5.41, 5.74) is 0.225. The maximum atomic E-state index is 13.0. The number of aromatic nitrogens is 3. The number of carbonyl (C=O) groups is 1. The van der Waals surface area contributed by atoms with E-state index in [2.05, 4.69) is 20.3 Å². The predicted octanol–water partition coefficient (Wildman–Crippen LogP) is 0.629. The number of nitrogens with zero attached hydrogens (tertiary/aromatic N) is 4. The predicted molar refractivity (Wildman–Crippen MR) is 69.7 cm³/mol. The number of amides is 1. The summed E-state index contributed by atoms with van der Waals surface area (Å²) in [4.78, 5) is 25.7. The van der Waals surface area contributed by atoms with Gasteiger partial charge in [-0.05, 0) is 6.07 Å². The molecule has 102 valence electrons. The first kappa shape index (κ1) is 12.5. The zero-order valence-electron chi connectivity index (χ0n) is 10.5. The first-order chi connectivity index (χ1) is 9.72. The molecule has 2 aromatic rings. The zero-order valence-corrected chi connectivity index (χ0v) is 10.5. The van der Waals surface area contributed by atoms with Crippen molar-refractivity contribution in [3.05, 3.63) is 48.4 Å². The molecule has 1 N–H and O–H groups in total. The van der Waals surface area contributed by atoms with E-state index in [0.29, 0.717) is 13.1 Å². The number of anilines is 1. The van der Waals surface area contributed by atoms with Crippen molar-refractivity contribution >= 4 is 11.7 Å². The van der Waals surface area contributed by atoms with Gasteiger partial charge in [0, 0.05) is 31.7 Å². The Morgan fingerprint density at radius 3 is 2.80 bits per heavy atom. The highest BCUT2D eigenvalue weighted by atomic mass is 19.1. The first-order valence-corrected chi connectivity index (χ1v) is 6.15. The van der Waals surface area contributed by atoms with Gasteiger partial charge in [-0.25, -0.2) is 9.37 Å². The lowest BCUT2D eigenvalue weighted by Gasteiger charge is -2.40. The van der Waals surface area contributed by atoms with E-state index in [-0.39, 0.29) is 17.5 Å². The minimum Gasteiger partial charge on any atom is -0.351 e. The molecule has 2 aromatic heterocycles. The van der Waals surface area contributed by atoms with Gasteiger partial charge < -0.3 is 10.2 Å². The fourth-order valence-electron chi connectivity index (χ4n) is 2.02. The van der Waals surface area contributed by atoms with Crippen LogP contribution < -0.4 is 10.2 Å². The molecule has 1 amide bonds. The lowest BCUT2D eigenvalue weighted by molar-refractivity contribution is 0.0929. The highest BCUT2D eigenvalue weighted by Gasteiger charge is 2.29. The number of rotatable bonds is 3. The maximum Gasteiger partial charge on any atom is 0.253 e. The lowest BCUT2D eigenvalue weighted by atomic mass is 10.1. The molecule has 1 aliphatic rings. The van der Waals surface area contributed by atoms with Gasteiger partial charge in [0.15, 0.2) is 0 Å². The highest BCUT2D eigenvalue weighted by Crippen LogP contribution is 2.16. The van der Waals surface area contributed by atoms with Crippen molar-refractivity contribution in [2.24, 2.45) is 0 Å². The third-order valence-electron chi connectivity index (χ3n) is 3.06. The minimum absolute atomic E-state index is 0.0211. The summed E-state index contributed by atoms with van der Waals surface area (Å²) in [6, 6.07) is 1.19. The van der Waals surface area contributed by atoms with Gasteiger partial charge in [-0.3, -0.25) is 14.8 Å². The molecule has 0 aromatic carbocycles. The Hall–Kier alpha value is -2.57. The number of carbonyl (C=O) groups excluding carboxylic acids is 1. The maximum absolute atomic E-state index is 13.0. The summed E-state index contributed by atoms with van der Waals surface area (Å²) in [7, 11) is 0. The zero-order chi connectivity index (χ0) is 13.9. The van der Waals surface area contributed by atoms with Gasteiger partial charge in [0.1, 0.15) is 11.6 Å². The molecule has 0 aliphatic carbocycles. The standard InChI is InChI=1S/C13H12FN5O/c14-10-3-9(4-16-5-10)13(20)18-11-7-19(8-11)12-6-15-1-2-17-12/h1-6,11H,7-8H2,(H,18,20). The third-order valence-corrected chi connectivity index (χ3v) is 3.06. The molecule has 6 nitrogen and oxygen atoms in total. The summed E-state index contributed by atoms with van der Waals surface area (Å²) < 4.78 is 13.0. The molecule has 0 atom stereocenters. The Balaban J connectivity index is 1.55. The minimum atomic E-state index is -0.521. The quantitative estimate of drug-likeness (QED) is 0.888. The van der Waals surface area contributed by atoms with Crippen LogP contribution in [0.15, 0.2) is 37.1 Å². The third kappa shape index (κ3) is 2.56. The molecule has 1 saturated heterocycles. The van der Waals surface area contributed by atoms with Crippen LogP contribution in [0.3, 0.4) is 0 Å². The molecule has 0 radical (unpaired) electrons. The summed E-state index contributed by atoms with van der Waals surface area (Å²) >= 11 is 0. The number of hydrogen-bond acceptors (Lipinski definition) is 5. The Morgan fingerprint density at radius 2 is 2.10 bits per heavy atom. The lowest BCUT2D eigenvalue weighted by Crippen LogP contribution is -2.59. The molecule has 0 spiro atoms. The normalized spacial score (nSPS) is 14.8. The van der Waals surface area contributed by atoms with Gasteiger partial charge >= 0.3 is 0 Å². The second-order valence-corrected chi connectivity index (χ2v) is 4.53. The average molecular weight is 273 g/mol. The summed E-state index contributed by atoms with van der Waals surface area (Å²) in [6.07, 6.45) is 7.32. The van der Waals surface area contributed by atoms with E-state index in [1.165, 1.54) is 12.3 Å². The Kier molecular flexibility index (Phi) is 3.24. The average Bonchev–Trinajstić information content (AvgIpc) is 2.43. The Labute approximate surface area is 114 Å². The van der Waals surface area contributed by atoms with Gasteiger partial charge in [0.25, 0.3) is 5.91 Å². The van der Waals surface area contributed by atoms with Crippen LogP contribution >= 0.6 is 0 Å². The molecule has 20 heavy (non-hydrogen) atoms. The molecule has 0 saturated carbocycles. The van der Waals surface area contributed by atoms with Crippen LogP contribution in [-0.2, 0) is 0 Å². The molecule has 3 rings (SSSR count).